The third kappa shape index (κ3) is 3.79. The van der Waals surface area contributed by atoms with Crippen molar-refractivity contribution in [3.05, 3.63) is 64.8 Å². The first-order chi connectivity index (χ1) is 13.3. The van der Waals surface area contributed by atoms with E-state index in [1.165, 1.54) is 53.4 Å². The maximum Gasteiger partial charge on any atom is 0.240 e. The average molecular weight is 400 g/mol. The van der Waals surface area contributed by atoms with Gasteiger partial charge < -0.3 is 21.5 Å². The molecule has 1 unspecified atom stereocenters. The molecule has 7 nitrogen and oxygen atoms in total. The number of rotatable bonds is 6. The van der Waals surface area contributed by atoms with Gasteiger partial charge in [0, 0.05) is 11.3 Å². The number of halogens is 1. The van der Waals surface area contributed by atoms with E-state index in [4.69, 9.17) is 11.5 Å². The molecule has 1 heterocycles. The van der Waals surface area contributed by atoms with Crippen molar-refractivity contribution >= 4 is 39.7 Å². The van der Waals surface area contributed by atoms with Gasteiger partial charge in [-0.3, -0.25) is 9.59 Å². The summed E-state index contributed by atoms with van der Waals surface area (Å²) >= 11 is 0.996. The van der Waals surface area contributed by atoms with Crippen molar-refractivity contribution in [3.8, 4) is 5.75 Å². The monoisotopic (exact) mass is 400 g/mol. The van der Waals surface area contributed by atoms with E-state index in [2.05, 4.69) is 4.98 Å². The second-order valence-electron chi connectivity index (χ2n) is 6.01. The summed E-state index contributed by atoms with van der Waals surface area (Å²) in [6, 6.07) is 10.4. The second kappa shape index (κ2) is 7.65. The van der Waals surface area contributed by atoms with Crippen molar-refractivity contribution in [1.82, 2.24) is 4.98 Å². The van der Waals surface area contributed by atoms with Gasteiger partial charge in [-0.25, -0.2) is 9.37 Å². The topological polar surface area (TPSA) is 123 Å². The van der Waals surface area contributed by atoms with Crippen LogP contribution >= 0.6 is 11.3 Å². The van der Waals surface area contributed by atoms with Crippen molar-refractivity contribution in [2.24, 2.45) is 5.73 Å². The van der Waals surface area contributed by atoms with Gasteiger partial charge in [-0.2, -0.15) is 0 Å². The van der Waals surface area contributed by atoms with Crippen LogP contribution in [0.15, 0.2) is 48.5 Å². The van der Waals surface area contributed by atoms with Crippen LogP contribution in [0.1, 0.15) is 22.2 Å². The smallest absolute Gasteiger partial charge is 0.240 e. The quantitative estimate of drug-likeness (QED) is 0.547. The highest BCUT2D eigenvalue weighted by molar-refractivity contribution is 7.18. The van der Waals surface area contributed by atoms with Gasteiger partial charge in [-0.05, 0) is 55.5 Å². The van der Waals surface area contributed by atoms with E-state index < -0.39 is 17.8 Å². The summed E-state index contributed by atoms with van der Waals surface area (Å²) in [6.45, 7) is 1.57. The number of carbonyl (C=O) groups excluding carboxylic acids is 2. The SMILES string of the molecule is CC(C(N)=O)N(c1ccc(F)cc1)c1nc(N)c(C(=O)c2ccc(O)cc2)s1. The molecule has 3 aromatic rings. The Morgan fingerprint density at radius 2 is 1.75 bits per heavy atom. The highest BCUT2D eigenvalue weighted by Gasteiger charge is 2.27. The Morgan fingerprint density at radius 3 is 2.32 bits per heavy atom. The number of thiazole rings is 1. The van der Waals surface area contributed by atoms with Crippen LogP contribution in [0.4, 0.5) is 21.0 Å². The Morgan fingerprint density at radius 1 is 1.14 bits per heavy atom. The minimum atomic E-state index is -0.812. The lowest BCUT2D eigenvalue weighted by atomic mass is 10.1. The van der Waals surface area contributed by atoms with Crippen LogP contribution in [0.3, 0.4) is 0 Å². The molecular formula is C19H17FN4O3S. The molecular weight excluding hydrogens is 383 g/mol. The van der Waals surface area contributed by atoms with E-state index in [-0.39, 0.29) is 27.4 Å². The van der Waals surface area contributed by atoms with Crippen LogP contribution in [-0.2, 0) is 4.79 Å². The normalized spacial score (nSPS) is 11.8. The minimum absolute atomic E-state index is 0.00172. The summed E-state index contributed by atoms with van der Waals surface area (Å²) in [7, 11) is 0. The first-order valence-electron chi connectivity index (χ1n) is 8.22. The number of nitrogens with two attached hydrogens (primary N) is 2. The van der Waals surface area contributed by atoms with Crippen LogP contribution in [0.25, 0.3) is 0 Å². The third-order valence-corrected chi connectivity index (χ3v) is 5.16. The number of phenols is 1. The molecule has 0 bridgehead atoms. The molecule has 0 spiro atoms. The Hall–Kier alpha value is -3.46. The molecule has 1 atom stereocenters. The Bertz CT molecular complexity index is 1020. The van der Waals surface area contributed by atoms with Gasteiger partial charge in [-0.1, -0.05) is 11.3 Å². The minimum Gasteiger partial charge on any atom is -0.508 e. The van der Waals surface area contributed by atoms with Crippen molar-refractivity contribution in [2.75, 3.05) is 10.6 Å². The van der Waals surface area contributed by atoms with Gasteiger partial charge in [0.05, 0.1) is 0 Å². The lowest BCUT2D eigenvalue weighted by molar-refractivity contribution is -0.118. The molecule has 0 fully saturated rings. The largest absolute Gasteiger partial charge is 0.508 e. The number of aromatic nitrogens is 1. The van der Waals surface area contributed by atoms with Gasteiger partial charge in [0.2, 0.25) is 11.7 Å². The number of hydrogen-bond donors (Lipinski definition) is 3. The van der Waals surface area contributed by atoms with Crippen LogP contribution < -0.4 is 16.4 Å². The van der Waals surface area contributed by atoms with Crippen LogP contribution in [-0.4, -0.2) is 27.8 Å². The molecule has 1 aromatic heterocycles. The highest BCUT2D eigenvalue weighted by Crippen LogP contribution is 2.36. The number of amides is 1. The zero-order valence-electron chi connectivity index (χ0n) is 14.8. The summed E-state index contributed by atoms with van der Waals surface area (Å²) in [5.74, 6) is -1.39. The molecule has 0 aliphatic carbocycles. The van der Waals surface area contributed by atoms with E-state index in [9.17, 15) is 19.1 Å². The first-order valence-corrected chi connectivity index (χ1v) is 9.03. The van der Waals surface area contributed by atoms with Crippen LogP contribution in [0.5, 0.6) is 5.75 Å². The number of ketones is 1. The molecule has 1 amide bonds. The average Bonchev–Trinajstić information content (AvgIpc) is 3.04. The number of primary amides is 1. The molecule has 0 saturated carbocycles. The molecule has 0 aliphatic rings. The zero-order chi connectivity index (χ0) is 20.4. The van der Waals surface area contributed by atoms with E-state index in [1.807, 2.05) is 0 Å². The van der Waals surface area contributed by atoms with Crippen LogP contribution in [0, 0.1) is 5.82 Å². The van der Waals surface area contributed by atoms with E-state index in [0.29, 0.717) is 11.3 Å². The van der Waals surface area contributed by atoms with Gasteiger partial charge in [0.25, 0.3) is 0 Å². The summed E-state index contributed by atoms with van der Waals surface area (Å²) in [5, 5.41) is 9.65. The molecule has 2 aromatic carbocycles. The van der Waals surface area contributed by atoms with Crippen molar-refractivity contribution in [3.63, 3.8) is 0 Å². The number of phenolic OH excluding ortho intramolecular Hbond substituents is 1. The van der Waals surface area contributed by atoms with E-state index >= 15 is 0 Å². The number of nitrogens with zero attached hydrogens (tertiary/aromatic N) is 2. The lowest BCUT2D eigenvalue weighted by Gasteiger charge is -2.26. The van der Waals surface area contributed by atoms with Gasteiger partial charge in [-0.15, -0.1) is 0 Å². The molecule has 5 N–H and O–H groups in total. The number of benzene rings is 2. The molecule has 0 saturated heterocycles. The number of anilines is 3. The fourth-order valence-corrected chi connectivity index (χ4v) is 3.61. The zero-order valence-corrected chi connectivity index (χ0v) is 15.6. The van der Waals surface area contributed by atoms with E-state index in [1.54, 1.807) is 6.92 Å². The number of aromatic hydroxyl groups is 1. The van der Waals surface area contributed by atoms with Crippen molar-refractivity contribution < 1.29 is 19.1 Å². The first kappa shape index (κ1) is 19.3. The second-order valence-corrected chi connectivity index (χ2v) is 6.99. The van der Waals surface area contributed by atoms with Gasteiger partial charge >= 0.3 is 0 Å². The van der Waals surface area contributed by atoms with Crippen LogP contribution in [0.2, 0.25) is 0 Å². The maximum atomic E-state index is 13.3. The van der Waals surface area contributed by atoms with Gasteiger partial charge in [0.1, 0.15) is 28.3 Å². The third-order valence-electron chi connectivity index (χ3n) is 4.09. The number of hydrogen-bond acceptors (Lipinski definition) is 7. The Balaban J connectivity index is 2.03. The summed E-state index contributed by atoms with van der Waals surface area (Å²) < 4.78 is 13.3. The summed E-state index contributed by atoms with van der Waals surface area (Å²) in [5.41, 5.74) is 12.2. The Labute approximate surface area is 164 Å². The van der Waals surface area contributed by atoms with Gasteiger partial charge in [0.15, 0.2) is 5.13 Å². The van der Waals surface area contributed by atoms with E-state index in [0.717, 1.165) is 11.3 Å². The number of carbonyl (C=O) groups is 2. The van der Waals surface area contributed by atoms with Crippen molar-refractivity contribution in [1.29, 1.82) is 0 Å². The molecule has 3 rings (SSSR count). The van der Waals surface area contributed by atoms with Crippen molar-refractivity contribution in [2.45, 2.75) is 13.0 Å². The predicted octanol–water partition coefficient (Wildman–Crippen LogP) is 2.81. The highest BCUT2D eigenvalue weighted by atomic mass is 32.1. The fourth-order valence-electron chi connectivity index (χ4n) is 2.56. The predicted molar refractivity (Wildman–Crippen MR) is 105 cm³/mol. The summed E-state index contributed by atoms with van der Waals surface area (Å²) in [4.78, 5) is 30.5. The Kier molecular flexibility index (Phi) is 5.27. The molecule has 9 heteroatoms. The number of nitrogen functional groups attached to an aromatic ring is 1. The maximum absolute atomic E-state index is 13.3. The molecule has 144 valence electrons. The molecule has 28 heavy (non-hydrogen) atoms. The molecule has 0 radical (unpaired) electrons. The standard InChI is InChI=1S/C19H17FN4O3S/c1-10(18(22)27)24(13-6-4-12(20)5-7-13)19-23-17(21)16(28-19)15(26)11-2-8-14(25)9-3-11/h2-10,25H,21H2,1H3,(H2,22,27). The lowest BCUT2D eigenvalue weighted by Crippen LogP contribution is -2.39. The fraction of sp³-hybridized carbons (Fsp3) is 0.105. The summed E-state index contributed by atoms with van der Waals surface area (Å²) in [6.07, 6.45) is 0. The molecule has 0 aliphatic heterocycles.